The SMILES string of the molecule is CCC(C)(NC(=O)c1cnn(CC(C)C)c1C)C(=O)O. The first-order valence-corrected chi connectivity index (χ1v) is 6.79. The van der Waals surface area contributed by atoms with E-state index in [1.807, 2.05) is 6.92 Å². The normalized spacial score (nSPS) is 14.1. The number of carbonyl (C=O) groups excluding carboxylic acids is 1. The zero-order chi connectivity index (χ0) is 15.5. The third-order valence-electron chi connectivity index (χ3n) is 3.45. The molecule has 6 heteroatoms. The Bertz CT molecular complexity index is 508. The Morgan fingerprint density at radius 2 is 2.10 bits per heavy atom. The second kappa shape index (κ2) is 6.07. The molecular formula is C14H23N3O3. The summed E-state index contributed by atoms with van der Waals surface area (Å²) >= 11 is 0. The summed E-state index contributed by atoms with van der Waals surface area (Å²) in [5.41, 5.74) is -0.0875. The lowest BCUT2D eigenvalue weighted by molar-refractivity contribution is -0.143. The number of carbonyl (C=O) groups is 2. The van der Waals surface area contributed by atoms with Crippen LogP contribution in [-0.2, 0) is 11.3 Å². The average molecular weight is 281 g/mol. The summed E-state index contributed by atoms with van der Waals surface area (Å²) in [6.07, 6.45) is 1.80. The van der Waals surface area contributed by atoms with E-state index in [0.717, 1.165) is 12.2 Å². The second-order valence-electron chi connectivity index (χ2n) is 5.66. The maximum atomic E-state index is 12.2. The number of nitrogens with zero attached hydrogens (tertiary/aromatic N) is 2. The smallest absolute Gasteiger partial charge is 0.329 e. The molecule has 1 aromatic rings. The van der Waals surface area contributed by atoms with Gasteiger partial charge in [-0.25, -0.2) is 4.79 Å². The molecule has 0 aliphatic carbocycles. The summed E-state index contributed by atoms with van der Waals surface area (Å²) in [5, 5.41) is 15.9. The first kappa shape index (κ1) is 16.2. The highest BCUT2D eigenvalue weighted by Gasteiger charge is 2.33. The van der Waals surface area contributed by atoms with Gasteiger partial charge in [0.1, 0.15) is 5.54 Å². The van der Waals surface area contributed by atoms with Gasteiger partial charge in [0.15, 0.2) is 0 Å². The lowest BCUT2D eigenvalue weighted by atomic mass is 9.98. The van der Waals surface area contributed by atoms with Gasteiger partial charge in [0.2, 0.25) is 0 Å². The van der Waals surface area contributed by atoms with Crippen molar-refractivity contribution in [3.8, 4) is 0 Å². The van der Waals surface area contributed by atoms with E-state index in [2.05, 4.69) is 24.3 Å². The standard InChI is InChI=1S/C14H23N3O3/c1-6-14(5,13(19)20)16-12(18)11-7-15-17(10(11)4)8-9(2)3/h7,9H,6,8H2,1-5H3,(H,16,18)(H,19,20). The van der Waals surface area contributed by atoms with Crippen LogP contribution in [0.5, 0.6) is 0 Å². The number of amides is 1. The topological polar surface area (TPSA) is 84.2 Å². The van der Waals surface area contributed by atoms with Gasteiger partial charge in [-0.15, -0.1) is 0 Å². The number of carboxylic acid groups (broad SMARTS) is 1. The molecule has 2 N–H and O–H groups in total. The molecule has 1 amide bonds. The first-order valence-electron chi connectivity index (χ1n) is 6.79. The number of nitrogens with one attached hydrogen (secondary N) is 1. The van der Waals surface area contributed by atoms with Crippen molar-refractivity contribution in [2.75, 3.05) is 0 Å². The van der Waals surface area contributed by atoms with Gasteiger partial charge in [0, 0.05) is 12.2 Å². The van der Waals surface area contributed by atoms with Crippen LogP contribution < -0.4 is 5.32 Å². The molecule has 1 atom stereocenters. The minimum atomic E-state index is -1.26. The van der Waals surface area contributed by atoms with Gasteiger partial charge in [0.25, 0.3) is 5.91 Å². The van der Waals surface area contributed by atoms with Crippen LogP contribution in [0.3, 0.4) is 0 Å². The van der Waals surface area contributed by atoms with Crippen LogP contribution in [-0.4, -0.2) is 32.3 Å². The van der Waals surface area contributed by atoms with Crippen molar-refractivity contribution in [1.29, 1.82) is 0 Å². The van der Waals surface area contributed by atoms with Crippen LogP contribution in [0.25, 0.3) is 0 Å². The molecular weight excluding hydrogens is 258 g/mol. The van der Waals surface area contributed by atoms with Crippen molar-refractivity contribution >= 4 is 11.9 Å². The Kier molecular flexibility index (Phi) is 4.92. The summed E-state index contributed by atoms with van der Waals surface area (Å²) < 4.78 is 1.77. The molecule has 112 valence electrons. The summed E-state index contributed by atoms with van der Waals surface area (Å²) in [4.78, 5) is 23.4. The fourth-order valence-electron chi connectivity index (χ4n) is 1.81. The van der Waals surface area contributed by atoms with E-state index in [0.29, 0.717) is 17.9 Å². The van der Waals surface area contributed by atoms with Crippen LogP contribution in [0.2, 0.25) is 0 Å². The number of hydrogen-bond acceptors (Lipinski definition) is 3. The number of rotatable bonds is 6. The van der Waals surface area contributed by atoms with Crippen molar-refractivity contribution in [1.82, 2.24) is 15.1 Å². The zero-order valence-corrected chi connectivity index (χ0v) is 12.7. The van der Waals surface area contributed by atoms with E-state index in [9.17, 15) is 14.7 Å². The fraction of sp³-hybridized carbons (Fsp3) is 0.643. The minimum absolute atomic E-state index is 0.313. The van der Waals surface area contributed by atoms with E-state index in [1.54, 1.807) is 11.6 Å². The van der Waals surface area contributed by atoms with Crippen molar-refractivity contribution in [3.05, 3.63) is 17.5 Å². The first-order chi connectivity index (χ1) is 9.21. The molecule has 1 aromatic heterocycles. The van der Waals surface area contributed by atoms with Crippen LogP contribution >= 0.6 is 0 Å². The Morgan fingerprint density at radius 3 is 2.55 bits per heavy atom. The molecule has 0 saturated carbocycles. The molecule has 0 fully saturated rings. The van der Waals surface area contributed by atoms with Crippen molar-refractivity contribution in [3.63, 3.8) is 0 Å². The highest BCUT2D eigenvalue weighted by molar-refractivity contribution is 5.98. The maximum Gasteiger partial charge on any atom is 0.329 e. The largest absolute Gasteiger partial charge is 0.480 e. The number of aromatic nitrogens is 2. The van der Waals surface area contributed by atoms with E-state index in [-0.39, 0.29) is 0 Å². The van der Waals surface area contributed by atoms with Gasteiger partial charge < -0.3 is 10.4 Å². The molecule has 1 heterocycles. The van der Waals surface area contributed by atoms with E-state index < -0.39 is 17.4 Å². The molecule has 0 bridgehead atoms. The van der Waals surface area contributed by atoms with Gasteiger partial charge in [0.05, 0.1) is 11.8 Å². The number of aliphatic carboxylic acids is 1. The van der Waals surface area contributed by atoms with Gasteiger partial charge in [-0.2, -0.15) is 5.10 Å². The van der Waals surface area contributed by atoms with Gasteiger partial charge in [-0.05, 0) is 26.2 Å². The summed E-state index contributed by atoms with van der Waals surface area (Å²) in [6, 6.07) is 0. The Balaban J connectivity index is 2.94. The van der Waals surface area contributed by atoms with Crippen LogP contribution in [0.15, 0.2) is 6.20 Å². The average Bonchev–Trinajstić information content (AvgIpc) is 2.70. The van der Waals surface area contributed by atoms with Crippen LogP contribution in [0.1, 0.15) is 50.2 Å². The number of carboxylic acids is 1. The third kappa shape index (κ3) is 3.37. The van der Waals surface area contributed by atoms with Gasteiger partial charge in [-0.3, -0.25) is 9.48 Å². The predicted octanol–water partition coefficient (Wildman–Crippen LogP) is 1.83. The Morgan fingerprint density at radius 1 is 1.50 bits per heavy atom. The molecule has 0 spiro atoms. The highest BCUT2D eigenvalue weighted by Crippen LogP contribution is 2.14. The Hall–Kier alpha value is -1.85. The highest BCUT2D eigenvalue weighted by atomic mass is 16.4. The van der Waals surface area contributed by atoms with E-state index in [1.165, 1.54) is 13.1 Å². The van der Waals surface area contributed by atoms with E-state index >= 15 is 0 Å². The summed E-state index contributed by atoms with van der Waals surface area (Å²) in [7, 11) is 0. The molecule has 0 radical (unpaired) electrons. The van der Waals surface area contributed by atoms with Crippen LogP contribution in [0, 0.1) is 12.8 Å². The predicted molar refractivity (Wildman–Crippen MR) is 75.6 cm³/mol. The molecule has 1 unspecified atom stereocenters. The van der Waals surface area contributed by atoms with Gasteiger partial charge >= 0.3 is 5.97 Å². The Labute approximate surface area is 119 Å². The van der Waals surface area contributed by atoms with Crippen molar-refractivity contribution in [2.45, 2.75) is 53.1 Å². The summed E-state index contributed by atoms with van der Waals surface area (Å²) in [6.45, 7) is 9.90. The lowest BCUT2D eigenvalue weighted by Gasteiger charge is -2.24. The molecule has 0 aromatic carbocycles. The van der Waals surface area contributed by atoms with Crippen LogP contribution in [0.4, 0.5) is 0 Å². The fourth-order valence-corrected chi connectivity index (χ4v) is 1.81. The monoisotopic (exact) mass is 281 g/mol. The third-order valence-corrected chi connectivity index (χ3v) is 3.45. The lowest BCUT2D eigenvalue weighted by Crippen LogP contribution is -2.51. The quantitative estimate of drug-likeness (QED) is 0.833. The zero-order valence-electron chi connectivity index (χ0n) is 12.7. The molecule has 6 nitrogen and oxygen atoms in total. The molecule has 0 saturated heterocycles. The molecule has 0 aliphatic heterocycles. The minimum Gasteiger partial charge on any atom is -0.480 e. The molecule has 20 heavy (non-hydrogen) atoms. The number of hydrogen-bond donors (Lipinski definition) is 2. The maximum absolute atomic E-state index is 12.2. The van der Waals surface area contributed by atoms with Gasteiger partial charge in [-0.1, -0.05) is 20.8 Å². The van der Waals surface area contributed by atoms with Crippen molar-refractivity contribution < 1.29 is 14.7 Å². The van der Waals surface area contributed by atoms with E-state index in [4.69, 9.17) is 0 Å². The summed E-state index contributed by atoms with van der Waals surface area (Å²) in [5.74, 6) is -1.02. The molecule has 0 aliphatic rings. The van der Waals surface area contributed by atoms with Crippen molar-refractivity contribution in [2.24, 2.45) is 5.92 Å². The second-order valence-corrected chi connectivity index (χ2v) is 5.66. The molecule has 1 rings (SSSR count).